The van der Waals surface area contributed by atoms with Crippen LogP contribution in [0.15, 0.2) is 0 Å². The summed E-state index contributed by atoms with van der Waals surface area (Å²) in [6.45, 7) is 9.63. The van der Waals surface area contributed by atoms with Crippen LogP contribution in [-0.4, -0.2) is 81.6 Å². The van der Waals surface area contributed by atoms with Crippen molar-refractivity contribution in [2.75, 3.05) is 25.7 Å². The molecule has 0 heterocycles. The van der Waals surface area contributed by atoms with Gasteiger partial charge < -0.3 is 29.6 Å². The number of rotatable bonds is 9. The molecule has 2 amide bonds. The second kappa shape index (κ2) is 12.1. The van der Waals surface area contributed by atoms with E-state index in [-0.39, 0.29) is 10.8 Å². The first kappa shape index (κ1) is 29.8. The molecule has 0 aromatic carbocycles. The average molecular weight is 501 g/mol. The summed E-state index contributed by atoms with van der Waals surface area (Å²) in [5.41, 5.74) is -1.72. The number of carbonyl (C=O) groups excluding carboxylic acids is 4. The third kappa shape index (κ3) is 13.2. The van der Waals surface area contributed by atoms with Gasteiger partial charge in [0, 0.05) is 5.75 Å². The molecular weight excluding hydrogens is 468 g/mol. The Labute approximate surface area is 191 Å². The molecule has 0 aromatic heterocycles. The summed E-state index contributed by atoms with van der Waals surface area (Å²) in [6.07, 6.45) is -1.95. The van der Waals surface area contributed by atoms with Crippen LogP contribution in [0.5, 0.6) is 0 Å². The molecular formula is C18H32N2O10S2. The quantitative estimate of drug-likeness (QED) is 0.265. The van der Waals surface area contributed by atoms with Gasteiger partial charge in [0.15, 0.2) is 0 Å². The van der Waals surface area contributed by atoms with Gasteiger partial charge in [-0.1, -0.05) is 0 Å². The molecule has 0 unspecified atom stereocenters. The Morgan fingerprint density at radius 1 is 0.781 bits per heavy atom. The number of esters is 2. The monoisotopic (exact) mass is 500 g/mol. The van der Waals surface area contributed by atoms with Crippen LogP contribution in [0.3, 0.4) is 0 Å². The number of ether oxygens (including phenoxy) is 4. The van der Waals surface area contributed by atoms with Crippen molar-refractivity contribution in [1.29, 1.82) is 0 Å². The van der Waals surface area contributed by atoms with Gasteiger partial charge in [-0.2, -0.15) is 0 Å². The highest BCUT2D eigenvalue weighted by Crippen LogP contribution is 2.18. The van der Waals surface area contributed by atoms with E-state index in [0.717, 1.165) is 14.2 Å². The van der Waals surface area contributed by atoms with Crippen molar-refractivity contribution < 1.29 is 46.5 Å². The molecule has 2 atom stereocenters. The predicted molar refractivity (Wildman–Crippen MR) is 117 cm³/mol. The lowest BCUT2D eigenvalue weighted by atomic mass is 10.2. The largest absolute Gasteiger partial charge is 0.467 e. The molecule has 0 aliphatic rings. The lowest BCUT2D eigenvalue weighted by Crippen LogP contribution is -2.48. The second-order valence-electron chi connectivity index (χ2n) is 8.45. The van der Waals surface area contributed by atoms with E-state index >= 15 is 0 Å². The van der Waals surface area contributed by atoms with Crippen LogP contribution in [0.4, 0.5) is 9.59 Å². The van der Waals surface area contributed by atoms with Crippen LogP contribution in [0.1, 0.15) is 41.5 Å². The minimum atomic E-state index is -4.09. The Balaban J connectivity index is 5.25. The Kier molecular flexibility index (Phi) is 11.3. The molecule has 32 heavy (non-hydrogen) atoms. The number of hydrogen-bond acceptors (Lipinski definition) is 11. The molecule has 0 aliphatic carbocycles. The minimum Gasteiger partial charge on any atom is -0.467 e. The first-order valence-electron chi connectivity index (χ1n) is 9.41. The molecule has 186 valence electrons. The Morgan fingerprint density at radius 3 is 1.53 bits per heavy atom. The van der Waals surface area contributed by atoms with Crippen LogP contribution in [0.2, 0.25) is 0 Å². The summed E-state index contributed by atoms with van der Waals surface area (Å²) >= 11 is 0. The summed E-state index contributed by atoms with van der Waals surface area (Å²) in [4.78, 5) is 47.8. The van der Waals surface area contributed by atoms with E-state index < -0.39 is 67.8 Å². The first-order chi connectivity index (χ1) is 14.4. The van der Waals surface area contributed by atoms with Gasteiger partial charge in [-0.25, -0.2) is 27.6 Å². The Hall–Kier alpha value is -2.22. The van der Waals surface area contributed by atoms with Gasteiger partial charge in [-0.15, -0.1) is 0 Å². The Morgan fingerprint density at radius 2 is 1.16 bits per heavy atom. The highest BCUT2D eigenvalue weighted by atomic mass is 33.1. The zero-order valence-electron chi connectivity index (χ0n) is 19.5. The van der Waals surface area contributed by atoms with Gasteiger partial charge in [0.2, 0.25) is 8.87 Å². The van der Waals surface area contributed by atoms with Crippen molar-refractivity contribution in [2.24, 2.45) is 0 Å². The van der Waals surface area contributed by atoms with E-state index in [1.54, 1.807) is 41.5 Å². The fraction of sp³-hybridized carbons (Fsp3) is 0.778. The summed E-state index contributed by atoms with van der Waals surface area (Å²) in [5, 5.41) is 4.39. The van der Waals surface area contributed by atoms with Gasteiger partial charge >= 0.3 is 24.1 Å². The molecule has 0 bridgehead atoms. The second-order valence-corrected chi connectivity index (χ2v) is 12.7. The number of methoxy groups -OCH3 is 2. The number of nitrogens with one attached hydrogen (secondary N) is 2. The summed E-state index contributed by atoms with van der Waals surface area (Å²) < 4.78 is 44.2. The average Bonchev–Trinajstić information content (AvgIpc) is 2.59. The molecule has 0 aliphatic heterocycles. The topological polar surface area (TPSA) is 163 Å². The molecule has 0 radical (unpaired) electrons. The lowest BCUT2D eigenvalue weighted by Gasteiger charge is -2.23. The zero-order chi connectivity index (χ0) is 25.3. The van der Waals surface area contributed by atoms with Gasteiger partial charge in [0.1, 0.15) is 23.3 Å². The normalized spacial score (nSPS) is 13.9. The van der Waals surface area contributed by atoms with Crippen LogP contribution in [0.25, 0.3) is 0 Å². The van der Waals surface area contributed by atoms with Crippen molar-refractivity contribution in [3.8, 4) is 0 Å². The lowest BCUT2D eigenvalue weighted by molar-refractivity contribution is -0.143. The SMILES string of the molecule is COC(=O)[C@H](CSS(=O)(=O)C[C@H](NC(=O)OC(C)(C)C)C(=O)OC)NC(=O)OC(C)(C)C. The molecule has 0 aromatic rings. The molecule has 2 N–H and O–H groups in total. The summed E-state index contributed by atoms with van der Waals surface area (Å²) in [5.74, 6) is -3.18. The fourth-order valence-electron chi connectivity index (χ4n) is 1.95. The van der Waals surface area contributed by atoms with E-state index in [1.807, 2.05) is 0 Å². The van der Waals surface area contributed by atoms with Crippen LogP contribution in [-0.2, 0) is 37.4 Å². The molecule has 12 nitrogen and oxygen atoms in total. The van der Waals surface area contributed by atoms with Crippen molar-refractivity contribution in [1.82, 2.24) is 10.6 Å². The van der Waals surface area contributed by atoms with Crippen molar-refractivity contribution >= 4 is 43.8 Å². The smallest absolute Gasteiger partial charge is 0.408 e. The molecule has 0 rings (SSSR count). The summed E-state index contributed by atoms with van der Waals surface area (Å²) in [7, 11) is -1.69. The van der Waals surface area contributed by atoms with E-state index in [1.165, 1.54) is 0 Å². The third-order valence-electron chi connectivity index (χ3n) is 3.14. The minimum absolute atomic E-state index is 0.288. The van der Waals surface area contributed by atoms with Crippen molar-refractivity contribution in [3.63, 3.8) is 0 Å². The van der Waals surface area contributed by atoms with E-state index in [2.05, 4.69) is 20.1 Å². The van der Waals surface area contributed by atoms with Gasteiger partial charge in [0.05, 0.1) is 20.0 Å². The van der Waals surface area contributed by atoms with Crippen LogP contribution < -0.4 is 10.6 Å². The van der Waals surface area contributed by atoms with Gasteiger partial charge in [0.25, 0.3) is 0 Å². The molecule has 0 saturated heterocycles. The first-order valence-corrected chi connectivity index (χ1v) is 12.6. The number of hydrogen-bond donors (Lipinski definition) is 2. The Bertz CT molecular complexity index is 785. The van der Waals surface area contributed by atoms with Gasteiger partial charge in [-0.3, -0.25) is 0 Å². The van der Waals surface area contributed by atoms with Crippen molar-refractivity contribution in [2.45, 2.75) is 64.8 Å². The maximum absolute atomic E-state index is 12.5. The zero-order valence-corrected chi connectivity index (χ0v) is 21.1. The van der Waals surface area contributed by atoms with Crippen LogP contribution in [0, 0.1) is 0 Å². The van der Waals surface area contributed by atoms with E-state index in [9.17, 15) is 27.6 Å². The van der Waals surface area contributed by atoms with Crippen LogP contribution >= 0.6 is 10.8 Å². The fourth-order valence-corrected chi connectivity index (χ4v) is 4.96. The maximum atomic E-state index is 12.5. The third-order valence-corrected chi connectivity index (χ3v) is 6.60. The predicted octanol–water partition coefficient (Wildman–Crippen LogP) is 1.18. The van der Waals surface area contributed by atoms with Crippen molar-refractivity contribution in [3.05, 3.63) is 0 Å². The molecule has 14 heteroatoms. The number of carbonyl (C=O) groups is 4. The number of alkyl carbamates (subject to hydrolysis) is 2. The molecule has 0 saturated carbocycles. The highest BCUT2D eigenvalue weighted by molar-refractivity contribution is 8.72. The molecule has 0 spiro atoms. The standard InChI is InChI=1S/C18H32N2O10S2/c1-17(2,3)29-15(23)19-11(13(21)27-7)9-31-32(25,26)10-12(14(22)28-8)20-16(24)30-18(4,5)6/h11-12H,9-10H2,1-8H3,(H,19,23)(H,20,24)/t11-,12-/m0/s1. The van der Waals surface area contributed by atoms with E-state index in [4.69, 9.17) is 9.47 Å². The maximum Gasteiger partial charge on any atom is 0.408 e. The highest BCUT2D eigenvalue weighted by Gasteiger charge is 2.32. The van der Waals surface area contributed by atoms with E-state index in [0.29, 0.717) is 0 Å². The summed E-state index contributed by atoms with van der Waals surface area (Å²) in [6, 6.07) is -2.90. The van der Waals surface area contributed by atoms with Gasteiger partial charge in [-0.05, 0) is 52.3 Å². The number of amides is 2. The molecule has 0 fully saturated rings.